The van der Waals surface area contributed by atoms with Crippen molar-refractivity contribution in [3.05, 3.63) is 29.8 Å². The van der Waals surface area contributed by atoms with Gasteiger partial charge in [0.05, 0.1) is 12.3 Å². The monoisotopic (exact) mass is 229 g/mol. The molecule has 0 radical (unpaired) electrons. The van der Waals surface area contributed by atoms with Crippen LogP contribution in [0.15, 0.2) is 18.5 Å². The number of hydrogen-bond acceptors (Lipinski definition) is 3. The summed E-state index contributed by atoms with van der Waals surface area (Å²) in [5, 5.41) is 10.3. The highest BCUT2D eigenvalue weighted by Gasteiger charge is 2.10. The van der Waals surface area contributed by atoms with Crippen LogP contribution in [0.4, 0.5) is 4.39 Å². The van der Waals surface area contributed by atoms with Crippen molar-refractivity contribution in [2.75, 3.05) is 5.75 Å². The molecule has 0 saturated heterocycles. The third-order valence-corrected chi connectivity index (χ3v) is 3.63. The van der Waals surface area contributed by atoms with Crippen molar-refractivity contribution in [1.82, 2.24) is 4.98 Å². The maximum absolute atomic E-state index is 12.8. The molecule has 15 heavy (non-hydrogen) atoms. The van der Waals surface area contributed by atoms with Gasteiger partial charge in [0.1, 0.15) is 5.82 Å². The molecule has 1 aromatic rings. The van der Waals surface area contributed by atoms with E-state index >= 15 is 0 Å². The average molecular weight is 229 g/mol. The van der Waals surface area contributed by atoms with Gasteiger partial charge in [-0.05, 0) is 12.5 Å². The van der Waals surface area contributed by atoms with Crippen LogP contribution in [-0.4, -0.2) is 21.1 Å². The van der Waals surface area contributed by atoms with E-state index in [9.17, 15) is 9.50 Å². The normalized spacial score (nSPS) is 14.9. The van der Waals surface area contributed by atoms with Gasteiger partial charge in [0.2, 0.25) is 0 Å². The molecule has 0 aliphatic heterocycles. The zero-order valence-corrected chi connectivity index (χ0v) is 9.80. The molecule has 84 valence electrons. The Kier molecular flexibility index (Phi) is 5.05. The summed E-state index contributed by atoms with van der Waals surface area (Å²) in [5.41, 5.74) is 0.547. The Balaban J connectivity index is 2.50. The number of aromatic nitrogens is 1. The lowest BCUT2D eigenvalue weighted by atomic mass is 10.2. The first-order chi connectivity index (χ1) is 7.13. The van der Waals surface area contributed by atoms with Crippen LogP contribution in [-0.2, 0) is 0 Å². The number of aliphatic hydroxyl groups excluding tert-OH is 1. The summed E-state index contributed by atoms with van der Waals surface area (Å²) in [5.74, 6) is 0.181. The van der Waals surface area contributed by atoms with Crippen LogP contribution in [0.2, 0.25) is 0 Å². The van der Waals surface area contributed by atoms with Gasteiger partial charge in [0.25, 0.3) is 0 Å². The molecule has 0 saturated carbocycles. The van der Waals surface area contributed by atoms with E-state index in [1.54, 1.807) is 11.8 Å². The highest BCUT2D eigenvalue weighted by atomic mass is 32.2. The number of nitrogens with zero attached hydrogens (tertiary/aromatic N) is 1. The van der Waals surface area contributed by atoms with E-state index in [2.05, 4.69) is 18.8 Å². The third-order valence-electron chi connectivity index (χ3n) is 2.22. The Morgan fingerprint density at radius 3 is 2.87 bits per heavy atom. The van der Waals surface area contributed by atoms with Crippen molar-refractivity contribution < 1.29 is 9.50 Å². The molecule has 2 atom stereocenters. The number of rotatable bonds is 5. The zero-order valence-electron chi connectivity index (χ0n) is 8.98. The molecule has 0 bridgehead atoms. The smallest absolute Gasteiger partial charge is 0.141 e. The van der Waals surface area contributed by atoms with E-state index in [4.69, 9.17) is 0 Å². The van der Waals surface area contributed by atoms with Gasteiger partial charge in [-0.15, -0.1) is 0 Å². The first-order valence-corrected chi connectivity index (χ1v) is 6.08. The minimum atomic E-state index is -0.632. The SMILES string of the molecule is CCC(C)SCC(O)c1cncc(F)c1. The molecule has 1 rings (SSSR count). The quantitative estimate of drug-likeness (QED) is 0.842. The molecule has 1 aromatic heterocycles. The van der Waals surface area contributed by atoms with Gasteiger partial charge in [-0.2, -0.15) is 11.8 Å². The molecule has 4 heteroatoms. The molecule has 2 nitrogen and oxygen atoms in total. The van der Waals surface area contributed by atoms with Crippen molar-refractivity contribution in [2.45, 2.75) is 31.6 Å². The molecule has 1 heterocycles. The summed E-state index contributed by atoms with van der Waals surface area (Å²) in [4.78, 5) is 3.71. The molecule has 0 amide bonds. The lowest BCUT2D eigenvalue weighted by Crippen LogP contribution is -2.05. The fraction of sp³-hybridized carbons (Fsp3) is 0.545. The van der Waals surface area contributed by atoms with Crippen LogP contribution in [0.25, 0.3) is 0 Å². The van der Waals surface area contributed by atoms with Gasteiger partial charge in [0.15, 0.2) is 0 Å². The lowest BCUT2D eigenvalue weighted by Gasteiger charge is -2.13. The summed E-state index contributed by atoms with van der Waals surface area (Å²) in [6, 6.07) is 1.33. The van der Waals surface area contributed by atoms with Gasteiger partial charge in [-0.1, -0.05) is 13.8 Å². The van der Waals surface area contributed by atoms with Crippen LogP contribution in [0.5, 0.6) is 0 Å². The Hall–Kier alpha value is -0.610. The Labute approximate surface area is 93.9 Å². The summed E-state index contributed by atoms with van der Waals surface area (Å²) in [6.45, 7) is 4.22. The van der Waals surface area contributed by atoms with Crippen LogP contribution in [0.3, 0.4) is 0 Å². The first-order valence-electron chi connectivity index (χ1n) is 5.03. The molecule has 0 spiro atoms. The second-order valence-electron chi connectivity index (χ2n) is 3.50. The summed E-state index contributed by atoms with van der Waals surface area (Å²) < 4.78 is 12.8. The Morgan fingerprint density at radius 1 is 1.53 bits per heavy atom. The molecular weight excluding hydrogens is 213 g/mol. The van der Waals surface area contributed by atoms with Gasteiger partial charge < -0.3 is 5.11 Å². The highest BCUT2D eigenvalue weighted by molar-refractivity contribution is 7.99. The maximum Gasteiger partial charge on any atom is 0.141 e. The standard InChI is InChI=1S/C11H16FNOS/c1-3-8(2)15-7-11(14)9-4-10(12)6-13-5-9/h4-6,8,11,14H,3,7H2,1-2H3. The van der Waals surface area contributed by atoms with Crippen LogP contribution >= 0.6 is 11.8 Å². The molecule has 1 N–H and O–H groups in total. The number of aliphatic hydroxyl groups is 1. The first kappa shape index (κ1) is 12.5. The van der Waals surface area contributed by atoms with Crippen molar-refractivity contribution in [2.24, 2.45) is 0 Å². The summed E-state index contributed by atoms with van der Waals surface area (Å²) in [6.07, 6.45) is 3.08. The number of pyridine rings is 1. The molecule has 0 aliphatic carbocycles. The average Bonchev–Trinajstić information content (AvgIpc) is 2.25. The molecular formula is C11H16FNOS. The van der Waals surface area contributed by atoms with Gasteiger partial charge in [0, 0.05) is 22.8 Å². The molecule has 0 aliphatic rings. The molecule has 2 unspecified atom stereocenters. The summed E-state index contributed by atoms with van der Waals surface area (Å²) in [7, 11) is 0. The fourth-order valence-corrected chi connectivity index (χ4v) is 2.02. The van der Waals surface area contributed by atoms with Crippen molar-refractivity contribution in [1.29, 1.82) is 0 Å². The van der Waals surface area contributed by atoms with Crippen LogP contribution < -0.4 is 0 Å². The third kappa shape index (κ3) is 4.18. The van der Waals surface area contributed by atoms with E-state index in [0.717, 1.165) is 12.6 Å². The Morgan fingerprint density at radius 2 is 2.27 bits per heavy atom. The second-order valence-corrected chi connectivity index (χ2v) is 4.98. The van der Waals surface area contributed by atoms with Crippen LogP contribution in [0.1, 0.15) is 31.9 Å². The van der Waals surface area contributed by atoms with E-state index in [0.29, 0.717) is 16.6 Å². The van der Waals surface area contributed by atoms with E-state index in [1.807, 2.05) is 0 Å². The predicted molar refractivity (Wildman–Crippen MR) is 61.4 cm³/mol. The Bertz CT molecular complexity index is 308. The van der Waals surface area contributed by atoms with E-state index in [1.165, 1.54) is 12.3 Å². The number of halogens is 1. The minimum absolute atomic E-state index is 0.403. The molecule has 0 fully saturated rings. The maximum atomic E-state index is 12.8. The highest BCUT2D eigenvalue weighted by Crippen LogP contribution is 2.22. The minimum Gasteiger partial charge on any atom is -0.387 e. The molecule has 0 aromatic carbocycles. The second kappa shape index (κ2) is 6.08. The van der Waals surface area contributed by atoms with Crippen molar-refractivity contribution in [3.8, 4) is 0 Å². The van der Waals surface area contributed by atoms with Gasteiger partial charge >= 0.3 is 0 Å². The largest absolute Gasteiger partial charge is 0.387 e. The topological polar surface area (TPSA) is 33.1 Å². The van der Waals surface area contributed by atoms with Gasteiger partial charge in [-0.25, -0.2) is 4.39 Å². The fourth-order valence-electron chi connectivity index (χ4n) is 1.08. The van der Waals surface area contributed by atoms with Gasteiger partial charge in [-0.3, -0.25) is 4.98 Å². The zero-order chi connectivity index (χ0) is 11.3. The number of thioether (sulfide) groups is 1. The van der Waals surface area contributed by atoms with Crippen molar-refractivity contribution >= 4 is 11.8 Å². The van der Waals surface area contributed by atoms with Crippen LogP contribution in [0, 0.1) is 5.82 Å². The predicted octanol–water partition coefficient (Wildman–Crippen LogP) is 2.79. The van der Waals surface area contributed by atoms with E-state index in [-0.39, 0.29) is 0 Å². The summed E-state index contributed by atoms with van der Waals surface area (Å²) >= 11 is 1.68. The van der Waals surface area contributed by atoms with E-state index < -0.39 is 11.9 Å². The number of hydrogen-bond donors (Lipinski definition) is 1. The van der Waals surface area contributed by atoms with Crippen molar-refractivity contribution in [3.63, 3.8) is 0 Å². The lowest BCUT2D eigenvalue weighted by molar-refractivity contribution is 0.203.